The van der Waals surface area contributed by atoms with Gasteiger partial charge in [-0.05, 0) is 43.1 Å². The van der Waals surface area contributed by atoms with Gasteiger partial charge in [-0.2, -0.15) is 0 Å². The van der Waals surface area contributed by atoms with Crippen molar-refractivity contribution in [3.8, 4) is 0 Å². The topological polar surface area (TPSA) is 35.6 Å². The molecule has 0 bridgehead atoms. The SMILES string of the molecule is O=C1NC2(CCN(Cc3ccccc3)CC2)N2CC3CCCC3C12. The van der Waals surface area contributed by atoms with Gasteiger partial charge >= 0.3 is 0 Å². The highest BCUT2D eigenvalue weighted by Crippen LogP contribution is 2.49. The van der Waals surface area contributed by atoms with Crippen LogP contribution in [0.4, 0.5) is 0 Å². The highest BCUT2D eigenvalue weighted by atomic mass is 16.2. The summed E-state index contributed by atoms with van der Waals surface area (Å²) in [5.74, 6) is 1.73. The number of nitrogens with one attached hydrogen (secondary N) is 1. The Morgan fingerprint density at radius 3 is 2.71 bits per heavy atom. The summed E-state index contributed by atoms with van der Waals surface area (Å²) in [6, 6.07) is 10.9. The molecule has 5 rings (SSSR count). The van der Waals surface area contributed by atoms with Gasteiger partial charge in [-0.1, -0.05) is 36.8 Å². The minimum atomic E-state index is -0.0424. The second-order valence-corrected chi connectivity index (χ2v) is 8.23. The summed E-state index contributed by atoms with van der Waals surface area (Å²) in [5, 5.41) is 3.43. The van der Waals surface area contributed by atoms with Gasteiger partial charge in [0.2, 0.25) is 5.91 Å². The van der Waals surface area contributed by atoms with E-state index in [1.54, 1.807) is 0 Å². The van der Waals surface area contributed by atoms with Crippen LogP contribution in [-0.4, -0.2) is 47.0 Å². The van der Waals surface area contributed by atoms with E-state index in [0.717, 1.165) is 44.9 Å². The van der Waals surface area contributed by atoms with Crippen molar-refractivity contribution in [1.82, 2.24) is 15.1 Å². The molecule has 3 atom stereocenters. The maximum atomic E-state index is 12.7. The van der Waals surface area contributed by atoms with E-state index in [9.17, 15) is 4.79 Å². The Morgan fingerprint density at radius 1 is 1.12 bits per heavy atom. The van der Waals surface area contributed by atoms with Crippen LogP contribution in [0.1, 0.15) is 37.7 Å². The number of hydrogen-bond acceptors (Lipinski definition) is 3. The first-order chi connectivity index (χ1) is 11.8. The fourth-order valence-corrected chi connectivity index (χ4v) is 5.79. The highest BCUT2D eigenvalue weighted by Gasteiger charge is 2.60. The number of rotatable bonds is 2. The second-order valence-electron chi connectivity index (χ2n) is 8.23. The molecule has 3 aliphatic heterocycles. The number of carbonyl (C=O) groups excluding carboxylic acids is 1. The molecule has 24 heavy (non-hydrogen) atoms. The quantitative estimate of drug-likeness (QED) is 0.905. The van der Waals surface area contributed by atoms with Gasteiger partial charge in [0.05, 0.1) is 11.7 Å². The van der Waals surface area contributed by atoms with Gasteiger partial charge in [0.15, 0.2) is 0 Å². The molecule has 1 aliphatic carbocycles. The van der Waals surface area contributed by atoms with Crippen LogP contribution in [0, 0.1) is 11.8 Å². The van der Waals surface area contributed by atoms with E-state index in [0.29, 0.717) is 11.8 Å². The van der Waals surface area contributed by atoms with Crippen molar-refractivity contribution < 1.29 is 4.79 Å². The Morgan fingerprint density at radius 2 is 1.92 bits per heavy atom. The Balaban J connectivity index is 1.28. The fourth-order valence-electron chi connectivity index (χ4n) is 5.79. The lowest BCUT2D eigenvalue weighted by Crippen LogP contribution is -2.58. The lowest BCUT2D eigenvalue weighted by atomic mass is 9.94. The summed E-state index contributed by atoms with van der Waals surface area (Å²) >= 11 is 0. The van der Waals surface area contributed by atoms with Gasteiger partial charge in [0.25, 0.3) is 0 Å². The van der Waals surface area contributed by atoms with E-state index in [1.165, 1.54) is 24.8 Å². The Hall–Kier alpha value is -1.39. The minimum Gasteiger partial charge on any atom is -0.336 e. The zero-order valence-corrected chi connectivity index (χ0v) is 14.3. The van der Waals surface area contributed by atoms with Crippen LogP contribution in [-0.2, 0) is 11.3 Å². The third-order valence-corrected chi connectivity index (χ3v) is 7.00. The Bertz CT molecular complexity index is 623. The molecule has 3 heterocycles. The first-order valence-electron chi connectivity index (χ1n) is 9.60. The third kappa shape index (κ3) is 2.23. The molecule has 128 valence electrons. The molecule has 1 spiro atoms. The van der Waals surface area contributed by atoms with Gasteiger partial charge in [0.1, 0.15) is 0 Å². The Labute approximate surface area is 144 Å². The molecule has 1 saturated carbocycles. The van der Waals surface area contributed by atoms with Gasteiger partial charge in [-0.3, -0.25) is 14.6 Å². The predicted octanol–water partition coefficient (Wildman–Crippen LogP) is 2.21. The van der Waals surface area contributed by atoms with Gasteiger partial charge < -0.3 is 5.32 Å². The molecule has 3 saturated heterocycles. The lowest BCUT2D eigenvalue weighted by molar-refractivity contribution is -0.122. The number of nitrogens with zero attached hydrogens (tertiary/aromatic N) is 2. The van der Waals surface area contributed by atoms with Crippen molar-refractivity contribution >= 4 is 5.91 Å². The first-order valence-corrected chi connectivity index (χ1v) is 9.60. The summed E-state index contributed by atoms with van der Waals surface area (Å²) in [7, 11) is 0. The van der Waals surface area contributed by atoms with Crippen molar-refractivity contribution in [2.45, 2.75) is 50.4 Å². The number of likely N-dealkylation sites (tertiary alicyclic amines) is 1. The highest BCUT2D eigenvalue weighted by molar-refractivity contribution is 5.86. The standard InChI is InChI=1S/C20H27N3O/c24-19-18-17-8-4-7-16(17)14-23(18)20(21-19)9-11-22(12-10-20)13-15-5-2-1-3-6-15/h1-3,5-6,16-18H,4,7-14H2,(H,21,24). The molecular formula is C20H27N3O. The van der Waals surface area contributed by atoms with Gasteiger partial charge in [0, 0.05) is 26.2 Å². The van der Waals surface area contributed by atoms with Gasteiger partial charge in [-0.15, -0.1) is 0 Å². The van der Waals surface area contributed by atoms with Crippen LogP contribution in [0.25, 0.3) is 0 Å². The summed E-state index contributed by atoms with van der Waals surface area (Å²) < 4.78 is 0. The summed E-state index contributed by atoms with van der Waals surface area (Å²) in [4.78, 5) is 17.8. The van der Waals surface area contributed by atoms with Crippen LogP contribution in [0.5, 0.6) is 0 Å². The predicted molar refractivity (Wildman–Crippen MR) is 93.2 cm³/mol. The van der Waals surface area contributed by atoms with Crippen LogP contribution < -0.4 is 5.32 Å². The van der Waals surface area contributed by atoms with Crippen molar-refractivity contribution in [3.05, 3.63) is 35.9 Å². The van der Waals surface area contributed by atoms with E-state index in [4.69, 9.17) is 0 Å². The number of carbonyl (C=O) groups is 1. The van der Waals surface area contributed by atoms with Crippen molar-refractivity contribution in [3.63, 3.8) is 0 Å². The Kier molecular flexibility index (Phi) is 3.46. The van der Waals surface area contributed by atoms with E-state index in [1.807, 2.05) is 0 Å². The maximum absolute atomic E-state index is 12.7. The molecule has 0 aromatic heterocycles. The lowest BCUT2D eigenvalue weighted by Gasteiger charge is -2.44. The van der Waals surface area contributed by atoms with Crippen molar-refractivity contribution in [2.75, 3.05) is 19.6 Å². The smallest absolute Gasteiger partial charge is 0.239 e. The van der Waals surface area contributed by atoms with E-state index >= 15 is 0 Å². The van der Waals surface area contributed by atoms with Crippen molar-refractivity contribution in [1.29, 1.82) is 0 Å². The molecule has 4 heteroatoms. The number of fused-ring (bicyclic) bond motifs is 4. The van der Waals surface area contributed by atoms with Crippen LogP contribution in [0.2, 0.25) is 0 Å². The number of benzene rings is 1. The molecule has 3 unspecified atom stereocenters. The normalized spacial score (nSPS) is 35.2. The van der Waals surface area contributed by atoms with Crippen LogP contribution in [0.3, 0.4) is 0 Å². The minimum absolute atomic E-state index is 0.0424. The molecule has 1 aromatic carbocycles. The zero-order valence-electron chi connectivity index (χ0n) is 14.3. The molecular weight excluding hydrogens is 298 g/mol. The van der Waals surface area contributed by atoms with Crippen LogP contribution >= 0.6 is 0 Å². The molecule has 0 radical (unpaired) electrons. The fraction of sp³-hybridized carbons (Fsp3) is 0.650. The van der Waals surface area contributed by atoms with Crippen LogP contribution in [0.15, 0.2) is 30.3 Å². The molecule has 1 amide bonds. The van der Waals surface area contributed by atoms with Crippen molar-refractivity contribution in [2.24, 2.45) is 11.8 Å². The summed E-state index contributed by atoms with van der Waals surface area (Å²) in [6.07, 6.45) is 6.06. The number of piperidine rings is 1. The third-order valence-electron chi connectivity index (χ3n) is 7.00. The molecule has 1 N–H and O–H groups in total. The van der Waals surface area contributed by atoms with Gasteiger partial charge in [-0.25, -0.2) is 0 Å². The molecule has 4 nitrogen and oxygen atoms in total. The molecule has 1 aromatic rings. The number of hydrogen-bond donors (Lipinski definition) is 1. The second kappa shape index (κ2) is 5.57. The van der Waals surface area contributed by atoms with E-state index in [-0.39, 0.29) is 11.7 Å². The number of amides is 1. The summed E-state index contributed by atoms with van der Waals surface area (Å²) in [6.45, 7) is 4.33. The monoisotopic (exact) mass is 325 g/mol. The average molecular weight is 325 g/mol. The maximum Gasteiger partial charge on any atom is 0.239 e. The van der Waals surface area contributed by atoms with E-state index in [2.05, 4.69) is 45.4 Å². The van der Waals surface area contributed by atoms with E-state index < -0.39 is 0 Å². The summed E-state index contributed by atoms with van der Waals surface area (Å²) in [5.41, 5.74) is 1.34. The zero-order chi connectivity index (χ0) is 16.1. The largest absolute Gasteiger partial charge is 0.336 e. The molecule has 4 fully saturated rings. The first kappa shape index (κ1) is 14.9. The average Bonchev–Trinajstić information content (AvgIpc) is 3.24. The molecule has 4 aliphatic rings.